The summed E-state index contributed by atoms with van der Waals surface area (Å²) in [7, 11) is 0. The molecule has 19 heavy (non-hydrogen) atoms. The summed E-state index contributed by atoms with van der Waals surface area (Å²) in [6.07, 6.45) is 0. The van der Waals surface area contributed by atoms with E-state index < -0.39 is 17.6 Å². The van der Waals surface area contributed by atoms with Gasteiger partial charge in [0.1, 0.15) is 17.9 Å². The minimum Gasteiger partial charge on any atom is -0.465 e. The van der Waals surface area contributed by atoms with Crippen LogP contribution in [0.4, 0.5) is 8.78 Å². The van der Waals surface area contributed by atoms with Crippen LogP contribution >= 0.6 is 11.6 Å². The molecule has 0 amide bonds. The Kier molecular flexibility index (Phi) is 3.99. The fourth-order valence-electron chi connectivity index (χ4n) is 1.81. The summed E-state index contributed by atoms with van der Waals surface area (Å²) < 4.78 is 33.1. The normalized spacial score (nSPS) is 10.9. The molecule has 102 valence electrons. The predicted octanol–water partition coefficient (Wildman–Crippen LogP) is 2.62. The van der Waals surface area contributed by atoms with Crippen molar-refractivity contribution in [3.8, 4) is 0 Å². The molecular weight excluding hydrogens is 278 g/mol. The van der Waals surface area contributed by atoms with Gasteiger partial charge in [-0.3, -0.25) is 4.79 Å². The smallest absolute Gasteiger partial charge is 0.326 e. The van der Waals surface area contributed by atoms with Gasteiger partial charge in [-0.15, -0.1) is 11.6 Å². The van der Waals surface area contributed by atoms with Gasteiger partial charge in [0.25, 0.3) is 0 Å². The van der Waals surface area contributed by atoms with E-state index in [-0.39, 0.29) is 35.9 Å². The first-order valence-electron chi connectivity index (χ1n) is 5.63. The number of aromatic nitrogens is 2. The highest BCUT2D eigenvalue weighted by Gasteiger charge is 2.19. The van der Waals surface area contributed by atoms with Crippen molar-refractivity contribution < 1.29 is 18.3 Å². The number of carbonyl (C=O) groups excluding carboxylic acids is 1. The SMILES string of the molecule is CCOC(=O)Cn1c(CCl)nc2ccc(F)c(F)c21. The van der Waals surface area contributed by atoms with Crippen LogP contribution in [-0.4, -0.2) is 22.1 Å². The van der Waals surface area contributed by atoms with Crippen LogP contribution < -0.4 is 0 Å². The van der Waals surface area contributed by atoms with E-state index in [2.05, 4.69) is 4.98 Å². The van der Waals surface area contributed by atoms with Crippen LogP contribution in [0.1, 0.15) is 12.7 Å². The third kappa shape index (κ3) is 2.53. The van der Waals surface area contributed by atoms with Crippen LogP contribution in [0.5, 0.6) is 0 Å². The Balaban J connectivity index is 2.56. The molecule has 2 aromatic rings. The lowest BCUT2D eigenvalue weighted by Gasteiger charge is -2.07. The van der Waals surface area contributed by atoms with Crippen LogP contribution in [-0.2, 0) is 22.0 Å². The Morgan fingerprint density at radius 2 is 2.21 bits per heavy atom. The second kappa shape index (κ2) is 5.52. The summed E-state index contributed by atoms with van der Waals surface area (Å²) >= 11 is 5.70. The van der Waals surface area contributed by atoms with Crippen molar-refractivity contribution >= 4 is 28.6 Å². The number of hydrogen-bond donors (Lipinski definition) is 0. The van der Waals surface area contributed by atoms with E-state index >= 15 is 0 Å². The zero-order chi connectivity index (χ0) is 14.0. The molecular formula is C12H11ClF2N2O2. The maximum Gasteiger partial charge on any atom is 0.326 e. The number of benzene rings is 1. The van der Waals surface area contributed by atoms with E-state index in [0.717, 1.165) is 6.07 Å². The minimum atomic E-state index is -1.05. The number of rotatable bonds is 4. The van der Waals surface area contributed by atoms with Crippen molar-refractivity contribution in [1.29, 1.82) is 0 Å². The summed E-state index contributed by atoms with van der Waals surface area (Å²) in [5, 5.41) is 0. The summed E-state index contributed by atoms with van der Waals surface area (Å²) in [4.78, 5) is 15.6. The van der Waals surface area contributed by atoms with E-state index in [1.54, 1.807) is 6.92 Å². The van der Waals surface area contributed by atoms with E-state index in [9.17, 15) is 13.6 Å². The number of carbonyl (C=O) groups is 1. The van der Waals surface area contributed by atoms with Gasteiger partial charge in [0, 0.05) is 0 Å². The molecule has 2 rings (SSSR count). The Bertz CT molecular complexity index is 628. The lowest BCUT2D eigenvalue weighted by molar-refractivity contribution is -0.143. The van der Waals surface area contributed by atoms with Crippen LogP contribution in [0.25, 0.3) is 11.0 Å². The molecule has 0 unspecified atom stereocenters. The van der Waals surface area contributed by atoms with Gasteiger partial charge in [-0.2, -0.15) is 0 Å². The monoisotopic (exact) mass is 288 g/mol. The van der Waals surface area contributed by atoms with Crippen LogP contribution in [0.15, 0.2) is 12.1 Å². The summed E-state index contributed by atoms with van der Waals surface area (Å²) in [5.74, 6) is -2.34. The number of nitrogens with zero attached hydrogens (tertiary/aromatic N) is 2. The Morgan fingerprint density at radius 3 is 2.84 bits per heavy atom. The number of ether oxygens (including phenoxy) is 1. The molecule has 1 aromatic carbocycles. The number of esters is 1. The maximum absolute atomic E-state index is 13.8. The van der Waals surface area contributed by atoms with E-state index in [0.29, 0.717) is 0 Å². The van der Waals surface area contributed by atoms with Gasteiger partial charge >= 0.3 is 5.97 Å². The van der Waals surface area contributed by atoms with Gasteiger partial charge in [0.15, 0.2) is 11.6 Å². The molecule has 0 radical (unpaired) electrons. The van der Waals surface area contributed by atoms with Crippen molar-refractivity contribution in [2.75, 3.05) is 6.61 Å². The van der Waals surface area contributed by atoms with Crippen molar-refractivity contribution in [3.63, 3.8) is 0 Å². The third-order valence-corrected chi connectivity index (χ3v) is 2.83. The lowest BCUT2D eigenvalue weighted by atomic mass is 10.3. The zero-order valence-corrected chi connectivity index (χ0v) is 10.9. The predicted molar refractivity (Wildman–Crippen MR) is 65.8 cm³/mol. The quantitative estimate of drug-likeness (QED) is 0.642. The van der Waals surface area contributed by atoms with Crippen LogP contribution in [0, 0.1) is 11.6 Å². The molecule has 0 saturated heterocycles. The molecule has 0 aliphatic carbocycles. The van der Waals surface area contributed by atoms with Crippen LogP contribution in [0.2, 0.25) is 0 Å². The average molecular weight is 289 g/mol. The molecule has 1 heterocycles. The molecule has 7 heteroatoms. The molecule has 0 aliphatic heterocycles. The van der Waals surface area contributed by atoms with Crippen molar-refractivity contribution in [1.82, 2.24) is 9.55 Å². The van der Waals surface area contributed by atoms with E-state index in [1.807, 2.05) is 0 Å². The molecule has 1 aromatic heterocycles. The molecule has 0 saturated carbocycles. The average Bonchev–Trinajstić information content (AvgIpc) is 2.73. The van der Waals surface area contributed by atoms with Gasteiger partial charge in [0.05, 0.1) is 18.0 Å². The molecule has 0 fully saturated rings. The van der Waals surface area contributed by atoms with Gasteiger partial charge < -0.3 is 9.30 Å². The summed E-state index contributed by atoms with van der Waals surface area (Å²) in [5.41, 5.74) is 0.169. The number of fused-ring (bicyclic) bond motifs is 1. The fourth-order valence-corrected chi connectivity index (χ4v) is 2.02. The van der Waals surface area contributed by atoms with Gasteiger partial charge in [-0.1, -0.05) is 0 Å². The van der Waals surface area contributed by atoms with Gasteiger partial charge in [-0.25, -0.2) is 13.8 Å². The maximum atomic E-state index is 13.8. The molecule has 0 atom stereocenters. The van der Waals surface area contributed by atoms with Gasteiger partial charge in [0.2, 0.25) is 0 Å². The highest BCUT2D eigenvalue weighted by Crippen LogP contribution is 2.22. The summed E-state index contributed by atoms with van der Waals surface area (Å²) in [6, 6.07) is 2.32. The topological polar surface area (TPSA) is 44.1 Å². The number of hydrogen-bond acceptors (Lipinski definition) is 3. The molecule has 0 aliphatic rings. The molecule has 0 spiro atoms. The Hall–Kier alpha value is -1.69. The standard InChI is InChI=1S/C12H11ClF2N2O2/c1-2-19-10(18)6-17-9(5-13)16-8-4-3-7(14)11(15)12(8)17/h3-4H,2,5-6H2,1H3. The largest absolute Gasteiger partial charge is 0.465 e. The summed E-state index contributed by atoms with van der Waals surface area (Å²) in [6.45, 7) is 1.61. The van der Waals surface area contributed by atoms with Crippen LogP contribution in [0.3, 0.4) is 0 Å². The third-order valence-electron chi connectivity index (χ3n) is 2.59. The first kappa shape index (κ1) is 13.7. The Morgan fingerprint density at radius 1 is 1.47 bits per heavy atom. The number of imidazole rings is 1. The van der Waals surface area contributed by atoms with Gasteiger partial charge in [-0.05, 0) is 19.1 Å². The fraction of sp³-hybridized carbons (Fsp3) is 0.333. The van der Waals surface area contributed by atoms with Crippen molar-refractivity contribution in [3.05, 3.63) is 29.6 Å². The molecule has 0 bridgehead atoms. The van der Waals surface area contributed by atoms with E-state index in [4.69, 9.17) is 16.3 Å². The first-order chi connectivity index (χ1) is 9.08. The Labute approximate surface area is 112 Å². The highest BCUT2D eigenvalue weighted by molar-refractivity contribution is 6.16. The number of halogens is 3. The zero-order valence-electron chi connectivity index (χ0n) is 10.1. The lowest BCUT2D eigenvalue weighted by Crippen LogP contribution is -2.15. The minimum absolute atomic E-state index is 0.0187. The molecule has 4 nitrogen and oxygen atoms in total. The second-order valence-electron chi connectivity index (χ2n) is 3.78. The highest BCUT2D eigenvalue weighted by atomic mass is 35.5. The van der Waals surface area contributed by atoms with Crippen molar-refractivity contribution in [2.45, 2.75) is 19.3 Å². The second-order valence-corrected chi connectivity index (χ2v) is 4.05. The first-order valence-corrected chi connectivity index (χ1v) is 6.16. The number of alkyl halides is 1. The molecule has 0 N–H and O–H groups in total. The van der Waals surface area contributed by atoms with Crippen molar-refractivity contribution in [2.24, 2.45) is 0 Å². The van der Waals surface area contributed by atoms with E-state index in [1.165, 1.54) is 10.6 Å².